The summed E-state index contributed by atoms with van der Waals surface area (Å²) in [5.41, 5.74) is 0. The van der Waals surface area contributed by atoms with E-state index in [0.717, 1.165) is 25.3 Å². The van der Waals surface area contributed by atoms with Gasteiger partial charge in [0, 0.05) is 64.9 Å². The lowest BCUT2D eigenvalue weighted by molar-refractivity contribution is 0.579. The summed E-state index contributed by atoms with van der Waals surface area (Å²) in [6.07, 6.45) is 5.92. The van der Waals surface area contributed by atoms with Gasteiger partial charge in [0.2, 0.25) is 10.0 Å². The van der Waals surface area contributed by atoms with Crippen LogP contribution in [0.5, 0.6) is 0 Å². The number of rotatable bonds is 7. The fraction of sp³-hybridized carbons (Fsp3) is 0.444. The van der Waals surface area contributed by atoms with Crippen LogP contribution in [0.15, 0.2) is 46.7 Å². The van der Waals surface area contributed by atoms with Gasteiger partial charge in [0.15, 0.2) is 5.96 Å². The van der Waals surface area contributed by atoms with Crippen molar-refractivity contribution in [2.24, 2.45) is 12.0 Å². The van der Waals surface area contributed by atoms with E-state index in [2.05, 4.69) is 30.2 Å². The Morgan fingerprint density at radius 1 is 1.37 bits per heavy atom. The van der Waals surface area contributed by atoms with E-state index in [1.807, 2.05) is 12.1 Å². The van der Waals surface area contributed by atoms with E-state index in [1.165, 1.54) is 0 Å². The maximum atomic E-state index is 12.2. The van der Waals surface area contributed by atoms with Crippen LogP contribution in [0.3, 0.4) is 0 Å². The summed E-state index contributed by atoms with van der Waals surface area (Å²) < 4.78 is 28.7. The normalized spacial score (nSPS) is 17.0. The van der Waals surface area contributed by atoms with Gasteiger partial charge in [-0.2, -0.15) is 0 Å². The highest BCUT2D eigenvalue weighted by Crippen LogP contribution is 2.25. The number of pyridine rings is 1. The van der Waals surface area contributed by atoms with Crippen LogP contribution >= 0.6 is 35.6 Å². The molecule has 0 aromatic carbocycles. The first-order chi connectivity index (χ1) is 13.9. The van der Waals surface area contributed by atoms with Crippen molar-refractivity contribution in [1.82, 2.24) is 24.9 Å². The van der Waals surface area contributed by atoms with Crippen LogP contribution in [0.4, 0.5) is 5.82 Å². The number of hydrogen-bond donors (Lipinski definition) is 3. The lowest BCUT2D eigenvalue weighted by Gasteiger charge is -2.20. The molecule has 0 aliphatic carbocycles. The molecule has 1 atom stereocenters. The smallest absolute Gasteiger partial charge is 0.242 e. The maximum Gasteiger partial charge on any atom is 0.242 e. The standard InChI is InChI=1S/C18H26ClN7O2S.HI/c1-20-18(22-8-9-23-29(27,28)15-6-10-25(2)13-15)24-14-5-11-26(12-14)17-16(19)4-3-7-21-17;/h3-4,6-7,10,13-14,23H,5,8-9,11-12H2,1-2H3,(H2,20,22,24);1H. The predicted molar refractivity (Wildman–Crippen MR) is 130 cm³/mol. The number of halogens is 2. The van der Waals surface area contributed by atoms with E-state index in [0.29, 0.717) is 17.5 Å². The van der Waals surface area contributed by atoms with Gasteiger partial charge >= 0.3 is 0 Å². The lowest BCUT2D eigenvalue weighted by atomic mass is 10.3. The van der Waals surface area contributed by atoms with E-state index < -0.39 is 10.0 Å². The molecule has 9 nitrogen and oxygen atoms in total. The van der Waals surface area contributed by atoms with Crippen molar-refractivity contribution in [1.29, 1.82) is 0 Å². The molecule has 12 heteroatoms. The Morgan fingerprint density at radius 3 is 2.83 bits per heavy atom. The Hall–Kier alpha value is -1.57. The van der Waals surface area contributed by atoms with Crippen LogP contribution in [-0.2, 0) is 17.1 Å². The molecular weight excluding hydrogens is 541 g/mol. The number of aromatic nitrogens is 2. The molecule has 1 unspecified atom stereocenters. The molecule has 1 fully saturated rings. The highest BCUT2D eigenvalue weighted by molar-refractivity contribution is 14.0. The third-order valence-electron chi connectivity index (χ3n) is 4.62. The van der Waals surface area contributed by atoms with Crippen LogP contribution in [0.1, 0.15) is 6.42 Å². The largest absolute Gasteiger partial charge is 0.356 e. The van der Waals surface area contributed by atoms with Crippen LogP contribution in [0, 0.1) is 0 Å². The minimum absolute atomic E-state index is 0. The quantitative estimate of drug-likeness (QED) is 0.202. The summed E-state index contributed by atoms with van der Waals surface area (Å²) in [6.45, 7) is 2.27. The van der Waals surface area contributed by atoms with Gasteiger partial charge in [0.1, 0.15) is 5.82 Å². The predicted octanol–water partition coefficient (Wildman–Crippen LogP) is 1.41. The van der Waals surface area contributed by atoms with Crippen molar-refractivity contribution in [3.8, 4) is 0 Å². The molecular formula is C18H27ClIN7O2S. The molecule has 0 bridgehead atoms. The Balaban J connectivity index is 0.00000320. The third-order valence-corrected chi connectivity index (χ3v) is 6.36. The zero-order valence-corrected chi connectivity index (χ0v) is 20.8. The van der Waals surface area contributed by atoms with E-state index in [-0.39, 0.29) is 41.5 Å². The van der Waals surface area contributed by atoms with E-state index in [1.54, 1.807) is 43.3 Å². The molecule has 1 saturated heterocycles. The second-order valence-corrected chi connectivity index (χ2v) is 8.97. The molecule has 1 aliphatic heterocycles. The van der Waals surface area contributed by atoms with Crippen LogP contribution in [-0.4, -0.2) is 63.2 Å². The van der Waals surface area contributed by atoms with Gasteiger partial charge in [-0.3, -0.25) is 4.99 Å². The summed E-state index contributed by atoms with van der Waals surface area (Å²) in [5, 5.41) is 7.14. The number of sulfonamides is 1. The van der Waals surface area contributed by atoms with Gasteiger partial charge in [-0.05, 0) is 24.6 Å². The molecule has 0 radical (unpaired) electrons. The summed E-state index contributed by atoms with van der Waals surface area (Å²) in [7, 11) is -0.0395. The lowest BCUT2D eigenvalue weighted by Crippen LogP contribution is -2.46. The molecule has 0 amide bonds. The first-order valence-electron chi connectivity index (χ1n) is 9.33. The second kappa shape index (κ2) is 11.2. The van der Waals surface area contributed by atoms with Crippen molar-refractivity contribution in [2.45, 2.75) is 17.4 Å². The average Bonchev–Trinajstić information content (AvgIpc) is 3.34. The summed E-state index contributed by atoms with van der Waals surface area (Å²) in [5.74, 6) is 1.42. The van der Waals surface area contributed by atoms with Crippen molar-refractivity contribution >= 4 is 57.4 Å². The van der Waals surface area contributed by atoms with Crippen LogP contribution < -0.4 is 20.3 Å². The van der Waals surface area contributed by atoms with E-state index in [9.17, 15) is 8.42 Å². The van der Waals surface area contributed by atoms with Crippen molar-refractivity contribution in [2.75, 3.05) is 38.1 Å². The number of nitrogens with zero attached hydrogens (tertiary/aromatic N) is 4. The van der Waals surface area contributed by atoms with E-state index in [4.69, 9.17) is 11.6 Å². The number of aliphatic imine (C=N–C) groups is 1. The van der Waals surface area contributed by atoms with Crippen molar-refractivity contribution in [3.63, 3.8) is 0 Å². The van der Waals surface area contributed by atoms with Crippen molar-refractivity contribution in [3.05, 3.63) is 41.8 Å². The fourth-order valence-corrected chi connectivity index (χ4v) is 4.48. The number of aryl methyl sites for hydroxylation is 1. The van der Waals surface area contributed by atoms with Crippen LogP contribution in [0.2, 0.25) is 5.02 Å². The van der Waals surface area contributed by atoms with Gasteiger partial charge in [-0.15, -0.1) is 24.0 Å². The zero-order valence-electron chi connectivity index (χ0n) is 16.9. The summed E-state index contributed by atoms with van der Waals surface area (Å²) in [4.78, 5) is 11.0. The summed E-state index contributed by atoms with van der Waals surface area (Å²) >= 11 is 6.23. The first-order valence-corrected chi connectivity index (χ1v) is 11.2. The Labute approximate surface area is 199 Å². The number of hydrogen-bond acceptors (Lipinski definition) is 5. The highest BCUT2D eigenvalue weighted by atomic mass is 127. The average molecular weight is 568 g/mol. The fourth-order valence-electron chi connectivity index (χ4n) is 3.15. The number of nitrogens with one attached hydrogen (secondary N) is 3. The molecule has 166 valence electrons. The Morgan fingerprint density at radius 2 is 2.17 bits per heavy atom. The molecule has 3 N–H and O–H groups in total. The molecule has 0 saturated carbocycles. The molecule has 3 rings (SSSR count). The molecule has 3 heterocycles. The Kier molecular flexibility index (Phi) is 9.19. The number of guanidine groups is 1. The van der Waals surface area contributed by atoms with Crippen molar-refractivity contribution < 1.29 is 8.42 Å². The monoisotopic (exact) mass is 567 g/mol. The molecule has 1 aliphatic rings. The molecule has 2 aromatic rings. The van der Waals surface area contributed by atoms with Gasteiger partial charge < -0.3 is 20.1 Å². The topological polar surface area (TPSA) is 104 Å². The molecule has 0 spiro atoms. The second-order valence-electron chi connectivity index (χ2n) is 6.79. The minimum Gasteiger partial charge on any atom is -0.356 e. The Bertz CT molecular complexity index is 967. The van der Waals surface area contributed by atoms with Gasteiger partial charge in [-0.25, -0.2) is 18.1 Å². The minimum atomic E-state index is -3.51. The molecule has 2 aromatic heterocycles. The van der Waals surface area contributed by atoms with Gasteiger partial charge in [-0.1, -0.05) is 11.6 Å². The summed E-state index contributed by atoms with van der Waals surface area (Å²) in [6, 6.07) is 5.41. The zero-order chi connectivity index (χ0) is 20.9. The van der Waals surface area contributed by atoms with Gasteiger partial charge in [0.05, 0.1) is 9.92 Å². The third kappa shape index (κ3) is 6.46. The van der Waals surface area contributed by atoms with E-state index >= 15 is 0 Å². The first kappa shape index (κ1) is 24.7. The maximum absolute atomic E-state index is 12.2. The van der Waals surface area contributed by atoms with Crippen LogP contribution in [0.25, 0.3) is 0 Å². The highest BCUT2D eigenvalue weighted by Gasteiger charge is 2.25. The SMILES string of the molecule is CN=C(NCCNS(=O)(=O)c1ccn(C)c1)NC1CCN(c2ncccc2Cl)C1.I. The van der Waals surface area contributed by atoms with Gasteiger partial charge in [0.25, 0.3) is 0 Å². The molecule has 30 heavy (non-hydrogen) atoms. The number of anilines is 1.